The van der Waals surface area contributed by atoms with Gasteiger partial charge in [-0.15, -0.1) is 0 Å². The highest BCUT2D eigenvalue weighted by atomic mass is 16.5. The minimum atomic E-state index is -0.322. The van der Waals surface area contributed by atoms with Gasteiger partial charge in [0.15, 0.2) is 0 Å². The van der Waals surface area contributed by atoms with Gasteiger partial charge in [0.05, 0.1) is 11.7 Å². The first-order valence-corrected chi connectivity index (χ1v) is 23.7. The first kappa shape index (κ1) is 47.5. The van der Waals surface area contributed by atoms with Crippen LogP contribution in [0.1, 0.15) is 235 Å². The summed E-state index contributed by atoms with van der Waals surface area (Å²) in [6.45, 7) is 9.81. The summed E-state index contributed by atoms with van der Waals surface area (Å²) in [7, 11) is 0. The van der Waals surface area contributed by atoms with E-state index in [1.807, 2.05) is 36.4 Å². The van der Waals surface area contributed by atoms with Gasteiger partial charge in [-0.2, -0.15) is 0 Å². The van der Waals surface area contributed by atoms with E-state index in [2.05, 4.69) is 64.1 Å². The van der Waals surface area contributed by atoms with Crippen molar-refractivity contribution in [1.29, 1.82) is 0 Å². The lowest BCUT2D eigenvalue weighted by Crippen LogP contribution is -2.08. The van der Waals surface area contributed by atoms with Gasteiger partial charge < -0.3 is 9.47 Å². The summed E-state index contributed by atoms with van der Waals surface area (Å²) in [5.41, 5.74) is 5.32. The first-order chi connectivity index (χ1) is 27.5. The second-order valence-electron chi connectivity index (χ2n) is 16.7. The van der Waals surface area contributed by atoms with Gasteiger partial charge in [-0.05, 0) is 78.6 Å². The quantitative estimate of drug-likeness (QED) is 0.0345. The molecule has 0 amide bonds. The van der Waals surface area contributed by atoms with E-state index in [4.69, 9.17) is 9.47 Å². The van der Waals surface area contributed by atoms with Gasteiger partial charge >= 0.3 is 5.97 Å². The maximum atomic E-state index is 13.0. The number of rotatable bonds is 34. The molecule has 0 saturated heterocycles. The summed E-state index contributed by atoms with van der Waals surface area (Å²) in [6, 6.07) is 24.6. The molecule has 0 aliphatic carbocycles. The number of hydrogen-bond acceptors (Lipinski definition) is 3. The molecule has 3 nitrogen and oxygen atoms in total. The molecule has 0 spiro atoms. The zero-order valence-electron chi connectivity index (χ0n) is 36.6. The van der Waals surface area contributed by atoms with Crippen LogP contribution in [-0.4, -0.2) is 12.6 Å². The molecule has 0 heterocycles. The molecule has 3 heteroatoms. The molecule has 0 aromatic heterocycles. The molecule has 2 atom stereocenters. The molecule has 0 aliphatic heterocycles. The average Bonchev–Trinajstić information content (AvgIpc) is 3.23. The van der Waals surface area contributed by atoms with E-state index < -0.39 is 0 Å². The molecule has 3 aromatic carbocycles. The fraction of sp³-hybridized carbons (Fsp3) is 0.642. The third-order valence-electron chi connectivity index (χ3n) is 11.8. The number of carbonyl (C=O) groups excluding carboxylic acids is 1. The number of carbonyl (C=O) groups is 1. The van der Waals surface area contributed by atoms with E-state index in [-0.39, 0.29) is 12.1 Å². The van der Waals surface area contributed by atoms with E-state index in [9.17, 15) is 4.79 Å². The van der Waals surface area contributed by atoms with Crippen molar-refractivity contribution in [3.8, 4) is 16.9 Å². The fourth-order valence-electron chi connectivity index (χ4n) is 8.08. The molecular formula is C53H82O3. The Hall–Kier alpha value is -2.91. The van der Waals surface area contributed by atoms with E-state index in [1.54, 1.807) is 0 Å². The Labute approximate surface area is 345 Å². The van der Waals surface area contributed by atoms with Gasteiger partial charge in [-0.1, -0.05) is 223 Å². The van der Waals surface area contributed by atoms with Gasteiger partial charge in [0.25, 0.3) is 0 Å². The van der Waals surface area contributed by atoms with E-state index in [0.29, 0.717) is 17.2 Å². The van der Waals surface area contributed by atoms with Gasteiger partial charge in [0, 0.05) is 6.61 Å². The molecule has 0 radical (unpaired) electrons. The lowest BCUT2D eigenvalue weighted by Gasteiger charge is -2.17. The monoisotopic (exact) mass is 767 g/mol. The zero-order chi connectivity index (χ0) is 39.9. The second kappa shape index (κ2) is 31.1. The van der Waals surface area contributed by atoms with Crippen LogP contribution in [0.5, 0.6) is 5.75 Å². The summed E-state index contributed by atoms with van der Waals surface area (Å²) in [4.78, 5) is 13.0. The maximum absolute atomic E-state index is 13.0. The first-order valence-electron chi connectivity index (χ1n) is 23.7. The van der Waals surface area contributed by atoms with E-state index >= 15 is 0 Å². The van der Waals surface area contributed by atoms with Crippen LogP contribution in [0.3, 0.4) is 0 Å². The summed E-state index contributed by atoms with van der Waals surface area (Å²) in [5.74, 6) is 0.860. The van der Waals surface area contributed by atoms with Gasteiger partial charge in [0.2, 0.25) is 0 Å². The molecule has 2 unspecified atom stereocenters. The summed E-state index contributed by atoms with van der Waals surface area (Å²) < 4.78 is 12.0. The normalized spacial score (nSPS) is 12.5. The van der Waals surface area contributed by atoms with Crippen LogP contribution in [-0.2, 0) is 4.74 Å². The van der Waals surface area contributed by atoms with Crippen LogP contribution < -0.4 is 4.74 Å². The molecular weight excluding hydrogens is 685 g/mol. The SMILES string of the molecule is CCCCCCCCCCCCCCCCCCCCOC(C)c1ccc(-c2ccc(C(=O)Oc3ccc(C(CCC)CCCCCCCC)cc3)cc2)cc1. The average molecular weight is 767 g/mol. The lowest BCUT2D eigenvalue weighted by molar-refractivity contribution is 0.0627. The Balaban J connectivity index is 1.26. The lowest BCUT2D eigenvalue weighted by atomic mass is 9.89. The Morgan fingerprint density at radius 2 is 0.857 bits per heavy atom. The summed E-state index contributed by atoms with van der Waals surface area (Å²) in [5, 5.41) is 0. The molecule has 56 heavy (non-hydrogen) atoms. The van der Waals surface area contributed by atoms with Crippen LogP contribution in [0, 0.1) is 0 Å². The highest BCUT2D eigenvalue weighted by molar-refractivity contribution is 5.91. The molecule has 3 aromatic rings. The fourth-order valence-corrected chi connectivity index (χ4v) is 8.08. The third kappa shape index (κ3) is 20.5. The van der Waals surface area contributed by atoms with Crippen molar-refractivity contribution in [2.75, 3.05) is 6.61 Å². The zero-order valence-corrected chi connectivity index (χ0v) is 36.6. The van der Waals surface area contributed by atoms with E-state index in [0.717, 1.165) is 24.2 Å². The van der Waals surface area contributed by atoms with Crippen molar-refractivity contribution >= 4 is 5.97 Å². The van der Waals surface area contributed by atoms with Crippen molar-refractivity contribution in [3.05, 3.63) is 89.5 Å². The minimum absolute atomic E-state index is 0.0823. The molecule has 0 saturated carbocycles. The van der Waals surface area contributed by atoms with Crippen LogP contribution in [0.25, 0.3) is 11.1 Å². The largest absolute Gasteiger partial charge is 0.423 e. The highest BCUT2D eigenvalue weighted by Gasteiger charge is 2.14. The smallest absolute Gasteiger partial charge is 0.343 e. The number of hydrogen-bond donors (Lipinski definition) is 0. The summed E-state index contributed by atoms with van der Waals surface area (Å²) in [6.07, 6.45) is 36.8. The Kier molecular flexibility index (Phi) is 26.4. The predicted molar refractivity (Wildman–Crippen MR) is 242 cm³/mol. The minimum Gasteiger partial charge on any atom is -0.423 e. The standard InChI is InChI=1S/C53H82O3/c1-5-8-10-12-14-15-16-17-18-19-20-21-22-23-24-25-27-29-44-55-45(4)46-32-34-48(35-33-46)49-36-38-51(39-37-49)53(54)56-52-42-40-50(41-43-52)47(30-7-3)31-28-26-13-11-9-6-2/h32-43,45,47H,5-31,44H2,1-4H3. The Bertz CT molecular complexity index is 1360. The van der Waals surface area contributed by atoms with Crippen molar-refractivity contribution in [1.82, 2.24) is 0 Å². The van der Waals surface area contributed by atoms with Crippen molar-refractivity contribution < 1.29 is 14.3 Å². The maximum Gasteiger partial charge on any atom is 0.343 e. The van der Waals surface area contributed by atoms with Gasteiger partial charge in [0.1, 0.15) is 5.75 Å². The summed E-state index contributed by atoms with van der Waals surface area (Å²) >= 11 is 0. The molecule has 0 bridgehead atoms. The van der Waals surface area contributed by atoms with Crippen molar-refractivity contribution in [2.45, 2.75) is 213 Å². The van der Waals surface area contributed by atoms with Crippen LogP contribution in [0.2, 0.25) is 0 Å². The second-order valence-corrected chi connectivity index (χ2v) is 16.7. The Morgan fingerprint density at radius 3 is 1.32 bits per heavy atom. The predicted octanol–water partition coefficient (Wildman–Crippen LogP) is 17.3. The molecule has 0 aliphatic rings. The topological polar surface area (TPSA) is 35.5 Å². The number of unbranched alkanes of at least 4 members (excludes halogenated alkanes) is 22. The van der Waals surface area contributed by atoms with Crippen LogP contribution in [0.15, 0.2) is 72.8 Å². The number of ether oxygens (including phenoxy) is 2. The van der Waals surface area contributed by atoms with E-state index in [1.165, 1.54) is 178 Å². The number of esters is 1. The van der Waals surface area contributed by atoms with Crippen molar-refractivity contribution in [3.63, 3.8) is 0 Å². The van der Waals surface area contributed by atoms with Crippen LogP contribution >= 0.6 is 0 Å². The molecule has 3 rings (SSSR count). The van der Waals surface area contributed by atoms with Gasteiger partial charge in [-0.3, -0.25) is 0 Å². The highest BCUT2D eigenvalue weighted by Crippen LogP contribution is 2.30. The van der Waals surface area contributed by atoms with Gasteiger partial charge in [-0.25, -0.2) is 4.79 Å². The number of benzene rings is 3. The molecule has 0 fully saturated rings. The van der Waals surface area contributed by atoms with Crippen LogP contribution in [0.4, 0.5) is 0 Å². The molecule has 0 N–H and O–H groups in total. The third-order valence-corrected chi connectivity index (χ3v) is 11.8. The van der Waals surface area contributed by atoms with Crippen molar-refractivity contribution in [2.24, 2.45) is 0 Å². The Morgan fingerprint density at radius 1 is 0.446 bits per heavy atom. The molecule has 312 valence electrons.